The van der Waals surface area contributed by atoms with E-state index in [0.717, 1.165) is 32.2 Å². The lowest BCUT2D eigenvalue weighted by molar-refractivity contribution is -0.138. The van der Waals surface area contributed by atoms with Gasteiger partial charge < -0.3 is 4.90 Å². The second-order valence-electron chi connectivity index (χ2n) is 4.11. The lowest BCUT2D eigenvalue weighted by Crippen LogP contribution is -2.42. The molecule has 0 spiro atoms. The molecule has 0 aromatic carbocycles. The van der Waals surface area contributed by atoms with Crippen LogP contribution in [0.5, 0.6) is 0 Å². The van der Waals surface area contributed by atoms with E-state index in [4.69, 9.17) is 11.6 Å². The molecular formula is C10H16ClNO. The molecule has 1 aliphatic carbocycles. The highest BCUT2D eigenvalue weighted by Crippen LogP contribution is 2.31. The molecule has 0 radical (unpaired) electrons. The number of rotatable bonds is 2. The second-order valence-corrected chi connectivity index (χ2v) is 4.42. The van der Waals surface area contributed by atoms with Crippen molar-refractivity contribution in [3.63, 3.8) is 0 Å². The van der Waals surface area contributed by atoms with E-state index in [-0.39, 0.29) is 0 Å². The molecule has 1 aliphatic heterocycles. The average Bonchev–Trinajstić information content (AvgIpc) is 2.47. The molecule has 1 unspecified atom stereocenters. The van der Waals surface area contributed by atoms with Gasteiger partial charge in [-0.05, 0) is 25.7 Å². The van der Waals surface area contributed by atoms with E-state index in [9.17, 15) is 4.79 Å². The number of hydrogen-bond donors (Lipinski definition) is 0. The van der Waals surface area contributed by atoms with Crippen molar-refractivity contribution in [2.24, 2.45) is 5.92 Å². The van der Waals surface area contributed by atoms with Gasteiger partial charge in [-0.1, -0.05) is 6.42 Å². The number of carbonyl (C=O) groups excluding carboxylic acids is 1. The molecular weight excluding hydrogens is 186 g/mol. The average molecular weight is 202 g/mol. The molecule has 0 aromatic heterocycles. The lowest BCUT2D eigenvalue weighted by atomic mass is 9.84. The molecule has 74 valence electrons. The minimum Gasteiger partial charge on any atom is -0.338 e. The molecule has 0 N–H and O–H groups in total. The van der Waals surface area contributed by atoms with E-state index in [1.165, 1.54) is 6.42 Å². The smallest absolute Gasteiger partial charge is 0.225 e. The van der Waals surface area contributed by atoms with Crippen molar-refractivity contribution in [3.05, 3.63) is 0 Å². The van der Waals surface area contributed by atoms with Gasteiger partial charge in [0.1, 0.15) is 0 Å². The van der Waals surface area contributed by atoms with Gasteiger partial charge in [-0.25, -0.2) is 0 Å². The summed E-state index contributed by atoms with van der Waals surface area (Å²) in [7, 11) is 0. The first kappa shape index (κ1) is 9.32. The first-order valence-electron chi connectivity index (χ1n) is 5.19. The van der Waals surface area contributed by atoms with E-state index >= 15 is 0 Å². The lowest BCUT2D eigenvalue weighted by Gasteiger charge is -2.32. The van der Waals surface area contributed by atoms with Gasteiger partial charge in [-0.3, -0.25) is 4.79 Å². The molecule has 13 heavy (non-hydrogen) atoms. The van der Waals surface area contributed by atoms with Crippen LogP contribution in [0, 0.1) is 5.92 Å². The Balaban J connectivity index is 1.94. The van der Waals surface area contributed by atoms with Crippen molar-refractivity contribution in [2.45, 2.75) is 38.1 Å². The summed E-state index contributed by atoms with van der Waals surface area (Å²) in [5.74, 6) is 1.32. The fourth-order valence-electron chi connectivity index (χ4n) is 2.18. The Morgan fingerprint density at radius 3 is 2.62 bits per heavy atom. The molecule has 1 heterocycles. The predicted octanol–water partition coefficient (Wildman–Crippen LogP) is 2.02. The summed E-state index contributed by atoms with van der Waals surface area (Å²) < 4.78 is 0. The van der Waals surface area contributed by atoms with Crippen LogP contribution in [0.15, 0.2) is 0 Å². The van der Waals surface area contributed by atoms with E-state index < -0.39 is 0 Å². The van der Waals surface area contributed by atoms with E-state index in [2.05, 4.69) is 0 Å². The maximum Gasteiger partial charge on any atom is 0.225 e. The number of nitrogens with zero attached hydrogens (tertiary/aromatic N) is 1. The highest BCUT2D eigenvalue weighted by Gasteiger charge is 2.34. The Hall–Kier alpha value is -0.240. The number of likely N-dealkylation sites (tertiary alicyclic amines) is 1. The largest absolute Gasteiger partial charge is 0.338 e. The summed E-state index contributed by atoms with van der Waals surface area (Å²) >= 11 is 5.82. The van der Waals surface area contributed by atoms with E-state index in [1.54, 1.807) is 0 Å². The molecule has 2 aliphatic rings. The quantitative estimate of drug-likeness (QED) is 0.626. The normalized spacial score (nSPS) is 29.0. The van der Waals surface area contributed by atoms with Gasteiger partial charge in [0.2, 0.25) is 5.91 Å². The highest BCUT2D eigenvalue weighted by molar-refractivity contribution is 6.18. The molecule has 3 heteroatoms. The van der Waals surface area contributed by atoms with Crippen molar-refractivity contribution >= 4 is 17.5 Å². The van der Waals surface area contributed by atoms with Gasteiger partial charge >= 0.3 is 0 Å². The third-order valence-corrected chi connectivity index (χ3v) is 3.65. The predicted molar refractivity (Wildman–Crippen MR) is 52.8 cm³/mol. The van der Waals surface area contributed by atoms with Gasteiger partial charge in [0.25, 0.3) is 0 Å². The number of alkyl halides is 1. The Labute approximate surface area is 84.2 Å². The minimum absolute atomic E-state index is 0.328. The van der Waals surface area contributed by atoms with Gasteiger partial charge in [-0.2, -0.15) is 0 Å². The summed E-state index contributed by atoms with van der Waals surface area (Å²) in [6.07, 6.45) is 5.67. The molecule has 1 atom stereocenters. The Bertz CT molecular complexity index is 203. The van der Waals surface area contributed by atoms with Crippen LogP contribution in [0.2, 0.25) is 0 Å². The molecule has 2 rings (SSSR count). The maximum absolute atomic E-state index is 11.9. The van der Waals surface area contributed by atoms with Crippen LogP contribution in [-0.4, -0.2) is 29.3 Å². The van der Waals surface area contributed by atoms with Crippen molar-refractivity contribution in [1.29, 1.82) is 0 Å². The molecule has 1 saturated heterocycles. The van der Waals surface area contributed by atoms with Crippen LogP contribution in [0.1, 0.15) is 32.1 Å². The van der Waals surface area contributed by atoms with Crippen molar-refractivity contribution < 1.29 is 4.79 Å². The van der Waals surface area contributed by atoms with Gasteiger partial charge in [0.05, 0.1) is 0 Å². The molecule has 0 bridgehead atoms. The summed E-state index contributed by atoms with van der Waals surface area (Å²) in [6, 6.07) is 0.328. The van der Waals surface area contributed by atoms with Crippen LogP contribution >= 0.6 is 11.6 Å². The van der Waals surface area contributed by atoms with Crippen LogP contribution in [0.4, 0.5) is 0 Å². The van der Waals surface area contributed by atoms with Crippen molar-refractivity contribution in [1.82, 2.24) is 4.90 Å². The van der Waals surface area contributed by atoms with Crippen LogP contribution < -0.4 is 0 Å². The number of amides is 1. The molecule has 2 fully saturated rings. The maximum atomic E-state index is 11.9. The van der Waals surface area contributed by atoms with Crippen LogP contribution in [-0.2, 0) is 4.79 Å². The number of hydrogen-bond acceptors (Lipinski definition) is 1. The monoisotopic (exact) mass is 201 g/mol. The van der Waals surface area contributed by atoms with Crippen molar-refractivity contribution in [3.8, 4) is 0 Å². The number of halogens is 1. The summed E-state index contributed by atoms with van der Waals surface area (Å²) in [5, 5.41) is 0. The summed E-state index contributed by atoms with van der Waals surface area (Å²) in [6.45, 7) is 0.937. The Morgan fingerprint density at radius 1 is 1.31 bits per heavy atom. The fraction of sp³-hybridized carbons (Fsp3) is 0.900. The minimum atomic E-state index is 0.328. The van der Waals surface area contributed by atoms with Gasteiger partial charge in [0.15, 0.2) is 0 Å². The zero-order valence-electron chi connectivity index (χ0n) is 7.84. The zero-order valence-corrected chi connectivity index (χ0v) is 8.59. The Kier molecular flexibility index (Phi) is 2.77. The molecule has 1 amide bonds. The summed E-state index contributed by atoms with van der Waals surface area (Å²) in [5.41, 5.74) is 0. The van der Waals surface area contributed by atoms with Crippen LogP contribution in [0.3, 0.4) is 0 Å². The highest BCUT2D eigenvalue weighted by atomic mass is 35.5. The number of carbonyl (C=O) groups is 1. The van der Waals surface area contributed by atoms with Gasteiger partial charge in [0, 0.05) is 24.4 Å². The standard InChI is InChI=1S/C10H16ClNO/c11-7-9-5-2-6-12(9)10(13)8-3-1-4-8/h8-9H,1-7H2. The third-order valence-electron chi connectivity index (χ3n) is 3.29. The zero-order chi connectivity index (χ0) is 9.26. The Morgan fingerprint density at radius 2 is 2.08 bits per heavy atom. The first-order valence-corrected chi connectivity index (χ1v) is 5.73. The topological polar surface area (TPSA) is 20.3 Å². The second kappa shape index (κ2) is 3.87. The third kappa shape index (κ3) is 1.69. The summed E-state index contributed by atoms with van der Waals surface area (Å²) in [4.78, 5) is 13.9. The molecule has 1 saturated carbocycles. The molecule has 2 nitrogen and oxygen atoms in total. The van der Waals surface area contributed by atoms with Crippen LogP contribution in [0.25, 0.3) is 0 Å². The molecule has 0 aromatic rings. The van der Waals surface area contributed by atoms with E-state index in [1.807, 2.05) is 4.90 Å². The van der Waals surface area contributed by atoms with Crippen molar-refractivity contribution in [2.75, 3.05) is 12.4 Å². The van der Waals surface area contributed by atoms with E-state index in [0.29, 0.717) is 23.7 Å². The fourth-order valence-corrected chi connectivity index (χ4v) is 2.50. The SMILES string of the molecule is O=C(C1CCC1)N1CCCC1CCl. The van der Waals surface area contributed by atoms with Gasteiger partial charge in [-0.15, -0.1) is 11.6 Å². The first-order chi connectivity index (χ1) is 6.33.